The lowest BCUT2D eigenvalue weighted by Gasteiger charge is -2.32. The van der Waals surface area contributed by atoms with Gasteiger partial charge in [-0.15, -0.1) is 23.2 Å². The van der Waals surface area contributed by atoms with Gasteiger partial charge in [0.25, 0.3) is 0 Å². The summed E-state index contributed by atoms with van der Waals surface area (Å²) in [6, 6.07) is 0. The average Bonchev–Trinajstić information content (AvgIpc) is 2.93. The minimum absolute atomic E-state index is 0.377. The Morgan fingerprint density at radius 3 is 1.10 bits per heavy atom. The van der Waals surface area contributed by atoms with Crippen LogP contribution in [0.5, 0.6) is 0 Å². The molecular formula is C22H38B2Cl2O4. The molecular weight excluding hydrogens is 421 g/mol. The zero-order chi connectivity index (χ0) is 22.8. The molecule has 170 valence electrons. The van der Waals surface area contributed by atoms with Gasteiger partial charge >= 0.3 is 14.2 Å². The van der Waals surface area contributed by atoms with Gasteiger partial charge in [-0.3, -0.25) is 0 Å². The summed E-state index contributed by atoms with van der Waals surface area (Å²) in [5.41, 5.74) is 0.812. The lowest BCUT2D eigenvalue weighted by atomic mass is 9.78. The number of hydrogen-bond acceptors (Lipinski definition) is 4. The summed E-state index contributed by atoms with van der Waals surface area (Å²) in [7, 11) is -0.809. The van der Waals surface area contributed by atoms with E-state index in [4.69, 9.17) is 41.8 Å². The van der Waals surface area contributed by atoms with E-state index in [-0.39, 0.29) is 22.4 Å². The minimum atomic E-state index is -0.405. The van der Waals surface area contributed by atoms with E-state index in [1.54, 1.807) is 0 Å². The van der Waals surface area contributed by atoms with Crippen molar-refractivity contribution in [1.82, 2.24) is 0 Å². The normalized spacial score (nSPS) is 25.3. The molecule has 0 unspecified atom stereocenters. The zero-order valence-electron chi connectivity index (χ0n) is 19.9. The van der Waals surface area contributed by atoms with Gasteiger partial charge in [-0.25, -0.2) is 0 Å². The van der Waals surface area contributed by atoms with Crippen molar-refractivity contribution in [2.24, 2.45) is 0 Å². The molecule has 0 spiro atoms. The Kier molecular flexibility index (Phi) is 8.66. The summed E-state index contributed by atoms with van der Waals surface area (Å²) in [5.74, 6) is 5.38. The number of halogens is 2. The predicted molar refractivity (Wildman–Crippen MR) is 128 cm³/mol. The third kappa shape index (κ3) is 6.08. The SMILES string of the molecule is CC1(C)OB(/C=C(CCCCl)/C(=C/B2OC(C)(C)C(C)(C)O2)CCCCl)OC1(C)C. The van der Waals surface area contributed by atoms with E-state index in [1.807, 2.05) is 0 Å². The molecule has 4 nitrogen and oxygen atoms in total. The summed E-state index contributed by atoms with van der Waals surface area (Å²) in [6.45, 7) is 16.5. The fourth-order valence-corrected chi connectivity index (χ4v) is 3.73. The van der Waals surface area contributed by atoms with Crippen LogP contribution in [0.3, 0.4) is 0 Å². The molecule has 0 amide bonds. The Bertz CT molecular complexity index is 572. The van der Waals surface area contributed by atoms with Crippen molar-refractivity contribution in [3.05, 3.63) is 23.1 Å². The Labute approximate surface area is 194 Å². The molecule has 30 heavy (non-hydrogen) atoms. The molecule has 0 radical (unpaired) electrons. The van der Waals surface area contributed by atoms with E-state index in [0.717, 1.165) is 36.8 Å². The van der Waals surface area contributed by atoms with E-state index in [2.05, 4.69) is 67.3 Å². The first kappa shape index (κ1) is 26.3. The average molecular weight is 459 g/mol. The second kappa shape index (κ2) is 9.89. The second-order valence-electron chi connectivity index (χ2n) is 10.2. The predicted octanol–water partition coefficient (Wildman–Crippen LogP) is 6.14. The van der Waals surface area contributed by atoms with E-state index in [0.29, 0.717) is 11.8 Å². The highest BCUT2D eigenvalue weighted by Gasteiger charge is 2.51. The highest BCUT2D eigenvalue weighted by Crippen LogP contribution is 2.39. The fourth-order valence-electron chi connectivity index (χ4n) is 3.46. The number of hydrogen-bond donors (Lipinski definition) is 0. The molecule has 0 saturated carbocycles. The topological polar surface area (TPSA) is 36.9 Å². The lowest BCUT2D eigenvalue weighted by Crippen LogP contribution is -2.41. The number of rotatable bonds is 9. The lowest BCUT2D eigenvalue weighted by molar-refractivity contribution is 0.00578. The molecule has 2 rings (SSSR count). The molecule has 0 bridgehead atoms. The van der Waals surface area contributed by atoms with Crippen LogP contribution in [0.1, 0.15) is 81.1 Å². The molecule has 0 aromatic carbocycles. The summed E-state index contributed by atoms with van der Waals surface area (Å²) < 4.78 is 24.9. The van der Waals surface area contributed by atoms with Crippen molar-refractivity contribution in [2.75, 3.05) is 11.8 Å². The zero-order valence-corrected chi connectivity index (χ0v) is 21.5. The molecule has 2 aliphatic rings. The Balaban J connectivity index is 2.34. The van der Waals surface area contributed by atoms with E-state index in [1.165, 1.54) is 0 Å². The summed E-state index contributed by atoms with van der Waals surface area (Å²) >= 11 is 12.1. The van der Waals surface area contributed by atoms with Gasteiger partial charge in [0.15, 0.2) is 0 Å². The maximum Gasteiger partial charge on any atom is 0.487 e. The molecule has 0 aromatic rings. The van der Waals surface area contributed by atoms with Crippen LogP contribution in [0, 0.1) is 0 Å². The second-order valence-corrected chi connectivity index (χ2v) is 11.0. The molecule has 2 aliphatic heterocycles. The van der Waals surface area contributed by atoms with Crippen molar-refractivity contribution < 1.29 is 18.6 Å². The fraction of sp³-hybridized carbons (Fsp3) is 0.818. The molecule has 0 atom stereocenters. The Morgan fingerprint density at radius 1 is 0.600 bits per heavy atom. The van der Waals surface area contributed by atoms with Gasteiger partial charge < -0.3 is 18.6 Å². The third-order valence-corrected chi connectivity index (χ3v) is 7.32. The number of alkyl halides is 2. The Hall–Kier alpha value is 0.0299. The van der Waals surface area contributed by atoms with Gasteiger partial charge in [0.1, 0.15) is 0 Å². The molecule has 0 N–H and O–H groups in total. The van der Waals surface area contributed by atoms with E-state index >= 15 is 0 Å². The van der Waals surface area contributed by atoms with Crippen LogP contribution < -0.4 is 0 Å². The molecule has 0 aliphatic carbocycles. The van der Waals surface area contributed by atoms with Crippen LogP contribution in [-0.2, 0) is 18.6 Å². The van der Waals surface area contributed by atoms with Crippen molar-refractivity contribution in [2.45, 2.75) is 103 Å². The largest absolute Gasteiger partial charge is 0.487 e. The summed E-state index contributed by atoms with van der Waals surface area (Å²) in [6.07, 6.45) is 3.41. The third-order valence-electron chi connectivity index (χ3n) is 6.79. The summed E-state index contributed by atoms with van der Waals surface area (Å²) in [5, 5.41) is 0. The van der Waals surface area contributed by atoms with E-state index in [9.17, 15) is 0 Å². The minimum Gasteiger partial charge on any atom is -0.400 e. The highest BCUT2D eigenvalue weighted by molar-refractivity contribution is 6.53. The monoisotopic (exact) mass is 458 g/mol. The maximum absolute atomic E-state index is 6.22. The first-order valence-electron chi connectivity index (χ1n) is 11.0. The quantitative estimate of drug-likeness (QED) is 0.236. The van der Waals surface area contributed by atoms with Crippen LogP contribution in [0.15, 0.2) is 23.1 Å². The molecule has 2 heterocycles. The summed E-state index contributed by atoms with van der Waals surface area (Å²) in [4.78, 5) is 0. The highest BCUT2D eigenvalue weighted by atomic mass is 35.5. The van der Waals surface area contributed by atoms with Crippen LogP contribution in [-0.4, -0.2) is 48.4 Å². The first-order valence-corrected chi connectivity index (χ1v) is 12.1. The van der Waals surface area contributed by atoms with Gasteiger partial charge in [-0.1, -0.05) is 23.1 Å². The van der Waals surface area contributed by atoms with Crippen LogP contribution in [0.25, 0.3) is 0 Å². The smallest absolute Gasteiger partial charge is 0.400 e. The van der Waals surface area contributed by atoms with Crippen molar-refractivity contribution in [3.63, 3.8) is 0 Å². The van der Waals surface area contributed by atoms with E-state index < -0.39 is 14.2 Å². The van der Waals surface area contributed by atoms with Gasteiger partial charge in [-0.2, -0.15) is 0 Å². The van der Waals surface area contributed by atoms with Gasteiger partial charge in [-0.05, 0) is 81.1 Å². The maximum atomic E-state index is 6.22. The standard InChI is InChI=1S/C22H38B2Cl2O4/c1-19(2)20(3,4)28-23(27-19)15-17(11-9-13-25)18(12-10-14-26)16-24-29-21(5,6)22(7,8)30-24/h15-16H,9-14H2,1-8H3/b17-15+,18-16+. The van der Waals surface area contributed by atoms with Crippen molar-refractivity contribution >= 4 is 37.4 Å². The molecule has 8 heteroatoms. The van der Waals surface area contributed by atoms with Gasteiger partial charge in [0.2, 0.25) is 0 Å². The number of allylic oxidation sites excluding steroid dienone is 2. The molecule has 2 fully saturated rings. The van der Waals surface area contributed by atoms with Gasteiger partial charge in [0, 0.05) is 11.8 Å². The van der Waals surface area contributed by atoms with Crippen molar-refractivity contribution in [3.8, 4) is 0 Å². The molecule has 2 saturated heterocycles. The van der Waals surface area contributed by atoms with Gasteiger partial charge in [0.05, 0.1) is 22.4 Å². The Morgan fingerprint density at radius 2 is 0.867 bits per heavy atom. The molecule has 0 aromatic heterocycles. The van der Waals surface area contributed by atoms with Crippen LogP contribution in [0.2, 0.25) is 0 Å². The van der Waals surface area contributed by atoms with Crippen LogP contribution >= 0.6 is 23.2 Å². The van der Waals surface area contributed by atoms with Crippen molar-refractivity contribution in [1.29, 1.82) is 0 Å². The van der Waals surface area contributed by atoms with Crippen LogP contribution in [0.4, 0.5) is 0 Å². The first-order chi connectivity index (χ1) is 13.7.